The van der Waals surface area contributed by atoms with Crippen molar-refractivity contribution in [3.63, 3.8) is 0 Å². The zero-order chi connectivity index (χ0) is 13.5. The van der Waals surface area contributed by atoms with Gasteiger partial charge in [-0.3, -0.25) is 0 Å². The fraction of sp³-hybridized carbons (Fsp3) is 0.286. The van der Waals surface area contributed by atoms with Gasteiger partial charge in [-0.25, -0.2) is 9.97 Å². The van der Waals surface area contributed by atoms with Crippen LogP contribution in [0.5, 0.6) is 0 Å². The molecule has 0 fully saturated rings. The standard InChI is InChI=1S/C14H16BrN3S/c1-2-6-16-13-8-11(5-7-17-13)10-19-14-4-3-12(15)9-18-14/h3-5,7-9H,2,6,10H2,1H3,(H,16,17). The highest BCUT2D eigenvalue weighted by molar-refractivity contribution is 9.10. The number of halogens is 1. The molecule has 1 N–H and O–H groups in total. The van der Waals surface area contributed by atoms with Crippen LogP contribution in [0.1, 0.15) is 18.9 Å². The van der Waals surface area contributed by atoms with E-state index in [4.69, 9.17) is 0 Å². The molecule has 0 aliphatic heterocycles. The molecule has 0 atom stereocenters. The van der Waals surface area contributed by atoms with E-state index in [1.54, 1.807) is 11.8 Å². The molecule has 2 rings (SSSR count). The number of nitrogens with zero attached hydrogens (tertiary/aromatic N) is 2. The molecule has 100 valence electrons. The Morgan fingerprint density at radius 1 is 1.26 bits per heavy atom. The predicted octanol–water partition coefficient (Wildman–Crippen LogP) is 4.35. The number of aromatic nitrogens is 2. The van der Waals surface area contributed by atoms with Crippen LogP contribution in [-0.2, 0) is 5.75 Å². The largest absolute Gasteiger partial charge is 0.370 e. The first kappa shape index (κ1) is 14.3. The van der Waals surface area contributed by atoms with E-state index < -0.39 is 0 Å². The summed E-state index contributed by atoms with van der Waals surface area (Å²) in [6.07, 6.45) is 4.77. The Hall–Kier alpha value is -1.07. The summed E-state index contributed by atoms with van der Waals surface area (Å²) in [6.45, 7) is 3.10. The number of hydrogen-bond acceptors (Lipinski definition) is 4. The monoisotopic (exact) mass is 337 g/mol. The summed E-state index contributed by atoms with van der Waals surface area (Å²) in [6, 6.07) is 8.17. The molecule has 0 radical (unpaired) electrons. The third-order valence-corrected chi connectivity index (χ3v) is 3.95. The lowest BCUT2D eigenvalue weighted by Gasteiger charge is -2.06. The van der Waals surface area contributed by atoms with E-state index in [-0.39, 0.29) is 0 Å². The van der Waals surface area contributed by atoms with Crippen LogP contribution in [0.4, 0.5) is 5.82 Å². The van der Waals surface area contributed by atoms with E-state index in [0.717, 1.165) is 34.0 Å². The molecule has 2 heterocycles. The fourth-order valence-corrected chi connectivity index (χ4v) is 2.54. The Balaban J connectivity index is 1.93. The van der Waals surface area contributed by atoms with Crippen molar-refractivity contribution >= 4 is 33.5 Å². The van der Waals surface area contributed by atoms with Gasteiger partial charge in [0.05, 0.1) is 5.03 Å². The molecule has 19 heavy (non-hydrogen) atoms. The second-order valence-electron chi connectivity index (χ2n) is 4.08. The molecule has 2 aromatic heterocycles. The van der Waals surface area contributed by atoms with Crippen molar-refractivity contribution < 1.29 is 0 Å². The zero-order valence-electron chi connectivity index (χ0n) is 10.8. The lowest BCUT2D eigenvalue weighted by Crippen LogP contribution is -2.01. The van der Waals surface area contributed by atoms with Crippen LogP contribution in [-0.4, -0.2) is 16.5 Å². The van der Waals surface area contributed by atoms with Crippen LogP contribution in [0, 0.1) is 0 Å². The van der Waals surface area contributed by atoms with Gasteiger partial charge in [-0.2, -0.15) is 0 Å². The molecule has 5 heteroatoms. The van der Waals surface area contributed by atoms with Gasteiger partial charge in [0.25, 0.3) is 0 Å². The molecule has 0 spiro atoms. The topological polar surface area (TPSA) is 37.8 Å². The van der Waals surface area contributed by atoms with Crippen molar-refractivity contribution in [2.75, 3.05) is 11.9 Å². The zero-order valence-corrected chi connectivity index (χ0v) is 13.2. The average molecular weight is 338 g/mol. The summed E-state index contributed by atoms with van der Waals surface area (Å²) in [5.41, 5.74) is 1.25. The molecule has 0 aromatic carbocycles. The first-order valence-corrected chi connectivity index (χ1v) is 7.99. The second kappa shape index (κ2) is 7.50. The van der Waals surface area contributed by atoms with E-state index in [1.807, 2.05) is 30.6 Å². The molecule has 0 saturated heterocycles. The molecule has 0 unspecified atom stereocenters. The summed E-state index contributed by atoms with van der Waals surface area (Å²) in [5.74, 6) is 1.85. The molecule has 0 saturated carbocycles. The maximum atomic E-state index is 4.35. The summed E-state index contributed by atoms with van der Waals surface area (Å²) < 4.78 is 1.01. The summed E-state index contributed by atoms with van der Waals surface area (Å²) in [5, 5.41) is 4.33. The van der Waals surface area contributed by atoms with E-state index >= 15 is 0 Å². The fourth-order valence-electron chi connectivity index (χ4n) is 1.52. The summed E-state index contributed by atoms with van der Waals surface area (Å²) in [7, 11) is 0. The van der Waals surface area contributed by atoms with Crippen molar-refractivity contribution in [1.29, 1.82) is 0 Å². The van der Waals surface area contributed by atoms with Gasteiger partial charge in [0.15, 0.2) is 0 Å². The van der Waals surface area contributed by atoms with Crippen LogP contribution in [0.25, 0.3) is 0 Å². The molecular formula is C14H16BrN3S. The Kier molecular flexibility index (Phi) is 5.66. The maximum absolute atomic E-state index is 4.35. The average Bonchev–Trinajstić information content (AvgIpc) is 2.45. The first-order chi connectivity index (χ1) is 9.28. The maximum Gasteiger partial charge on any atom is 0.126 e. The number of hydrogen-bond donors (Lipinski definition) is 1. The minimum Gasteiger partial charge on any atom is -0.370 e. The van der Waals surface area contributed by atoms with Crippen molar-refractivity contribution in [2.45, 2.75) is 24.1 Å². The Morgan fingerprint density at radius 3 is 2.89 bits per heavy atom. The van der Waals surface area contributed by atoms with Gasteiger partial charge >= 0.3 is 0 Å². The highest BCUT2D eigenvalue weighted by atomic mass is 79.9. The van der Waals surface area contributed by atoms with Crippen molar-refractivity contribution in [3.8, 4) is 0 Å². The Labute approximate surface area is 126 Å². The van der Waals surface area contributed by atoms with Gasteiger partial charge in [0.2, 0.25) is 0 Å². The van der Waals surface area contributed by atoms with Gasteiger partial charge in [-0.15, -0.1) is 11.8 Å². The van der Waals surface area contributed by atoms with E-state index in [0.29, 0.717) is 0 Å². The summed E-state index contributed by atoms with van der Waals surface area (Å²) >= 11 is 5.11. The van der Waals surface area contributed by atoms with Crippen LogP contribution in [0.15, 0.2) is 46.2 Å². The number of rotatable bonds is 6. The second-order valence-corrected chi connectivity index (χ2v) is 5.99. The van der Waals surface area contributed by atoms with Crippen molar-refractivity contribution in [2.24, 2.45) is 0 Å². The molecular weight excluding hydrogens is 322 g/mol. The van der Waals surface area contributed by atoms with Gasteiger partial charge in [0.1, 0.15) is 5.82 Å². The molecule has 2 aromatic rings. The van der Waals surface area contributed by atoms with Crippen LogP contribution < -0.4 is 5.32 Å². The third-order valence-electron chi connectivity index (χ3n) is 2.47. The molecule has 0 aliphatic rings. The third kappa shape index (κ3) is 4.84. The smallest absolute Gasteiger partial charge is 0.126 e. The lowest BCUT2D eigenvalue weighted by molar-refractivity contribution is 0.968. The van der Waals surface area contributed by atoms with Crippen molar-refractivity contribution in [1.82, 2.24) is 9.97 Å². The minimum absolute atomic E-state index is 0.901. The van der Waals surface area contributed by atoms with Crippen LogP contribution >= 0.6 is 27.7 Å². The van der Waals surface area contributed by atoms with Crippen LogP contribution in [0.3, 0.4) is 0 Å². The lowest BCUT2D eigenvalue weighted by atomic mass is 10.3. The highest BCUT2D eigenvalue weighted by Gasteiger charge is 2.00. The van der Waals surface area contributed by atoms with Gasteiger partial charge in [0, 0.05) is 29.2 Å². The van der Waals surface area contributed by atoms with Crippen molar-refractivity contribution in [3.05, 3.63) is 46.7 Å². The van der Waals surface area contributed by atoms with Gasteiger partial charge in [-0.1, -0.05) is 6.92 Å². The normalized spacial score (nSPS) is 10.4. The Bertz CT molecular complexity index is 516. The van der Waals surface area contributed by atoms with E-state index in [9.17, 15) is 0 Å². The van der Waals surface area contributed by atoms with Gasteiger partial charge < -0.3 is 5.32 Å². The van der Waals surface area contributed by atoms with E-state index in [1.165, 1.54) is 5.56 Å². The Morgan fingerprint density at radius 2 is 2.16 bits per heavy atom. The quantitative estimate of drug-likeness (QED) is 0.795. The highest BCUT2D eigenvalue weighted by Crippen LogP contribution is 2.22. The molecule has 3 nitrogen and oxygen atoms in total. The van der Waals surface area contributed by atoms with Gasteiger partial charge in [-0.05, 0) is 52.2 Å². The number of anilines is 1. The van der Waals surface area contributed by atoms with Crippen LogP contribution in [0.2, 0.25) is 0 Å². The van der Waals surface area contributed by atoms with E-state index in [2.05, 4.69) is 44.2 Å². The minimum atomic E-state index is 0.901. The molecule has 0 amide bonds. The first-order valence-electron chi connectivity index (χ1n) is 6.21. The SMILES string of the molecule is CCCNc1cc(CSc2ccc(Br)cn2)ccn1. The number of thioether (sulfide) groups is 1. The number of pyridine rings is 2. The predicted molar refractivity (Wildman–Crippen MR) is 84.5 cm³/mol. The molecule has 0 aliphatic carbocycles. The number of nitrogens with one attached hydrogen (secondary N) is 1. The summed E-state index contributed by atoms with van der Waals surface area (Å²) in [4.78, 5) is 8.65. The molecule has 0 bridgehead atoms.